The Kier molecular flexibility index (Phi) is 6.26. The Bertz CT molecular complexity index is 990. The molecule has 0 saturated carbocycles. The quantitative estimate of drug-likeness (QED) is 0.614. The van der Waals surface area contributed by atoms with Crippen LogP contribution >= 0.6 is 12.2 Å². The van der Waals surface area contributed by atoms with Crippen molar-refractivity contribution in [1.82, 2.24) is 19.7 Å². The molecule has 6 nitrogen and oxygen atoms in total. The third kappa shape index (κ3) is 4.67. The lowest BCUT2D eigenvalue weighted by atomic mass is 10.1. The second-order valence-corrected chi connectivity index (χ2v) is 7.02. The number of ether oxygens (including phenoxy) is 1. The number of nitrogens with zero attached hydrogens (tertiary/aromatic N) is 3. The van der Waals surface area contributed by atoms with Gasteiger partial charge in [0.25, 0.3) is 0 Å². The van der Waals surface area contributed by atoms with Crippen LogP contribution in [0, 0.1) is 11.7 Å². The molecular weight excluding hydrogens is 372 g/mol. The highest BCUT2D eigenvalue weighted by atomic mass is 32.1. The maximum absolute atomic E-state index is 12.8. The molecule has 0 saturated heterocycles. The molecule has 0 unspecified atom stereocenters. The van der Waals surface area contributed by atoms with Gasteiger partial charge in [-0.05, 0) is 43.8 Å². The summed E-state index contributed by atoms with van der Waals surface area (Å²) in [4.78, 5) is 14.5. The van der Waals surface area contributed by atoms with E-state index in [9.17, 15) is 4.79 Å². The van der Waals surface area contributed by atoms with Gasteiger partial charge in [0.1, 0.15) is 12.3 Å². The van der Waals surface area contributed by atoms with Crippen molar-refractivity contribution in [2.24, 2.45) is 0 Å². The number of carbonyl (C=O) groups is 1. The molecule has 0 atom stereocenters. The number of aryl methyl sites for hydroxylation is 1. The fourth-order valence-electron chi connectivity index (χ4n) is 2.86. The van der Waals surface area contributed by atoms with Gasteiger partial charge in [0.05, 0.1) is 6.61 Å². The molecule has 7 heteroatoms. The Morgan fingerprint density at radius 2 is 1.86 bits per heavy atom. The number of benzene rings is 2. The van der Waals surface area contributed by atoms with Crippen molar-refractivity contribution >= 4 is 18.1 Å². The third-order valence-electron chi connectivity index (χ3n) is 4.44. The van der Waals surface area contributed by atoms with Crippen molar-refractivity contribution in [2.75, 3.05) is 13.7 Å². The second-order valence-electron chi connectivity index (χ2n) is 6.63. The Morgan fingerprint density at radius 3 is 2.50 bits per heavy atom. The van der Waals surface area contributed by atoms with Gasteiger partial charge >= 0.3 is 0 Å². The van der Waals surface area contributed by atoms with E-state index in [0.717, 1.165) is 22.4 Å². The van der Waals surface area contributed by atoms with Gasteiger partial charge < -0.3 is 9.64 Å². The summed E-state index contributed by atoms with van der Waals surface area (Å²) in [6.07, 6.45) is 0. The van der Waals surface area contributed by atoms with Gasteiger partial charge in [-0.1, -0.05) is 42.0 Å². The molecule has 0 aliphatic rings. The van der Waals surface area contributed by atoms with Crippen LogP contribution in [0.3, 0.4) is 0 Å². The molecule has 1 heterocycles. The standard InChI is InChI=1S/C21H24N4O2S/c1-4-27-18-11-7-16(8-12-18)13-24(3)19(26)14-25-20(22-23-21(25)28)17-9-5-15(2)6-10-17/h5-12H,4,13-14H2,1-3H3,(H,23,28). The van der Waals surface area contributed by atoms with Crippen LogP contribution < -0.4 is 4.74 Å². The SMILES string of the molecule is CCOc1ccc(CN(C)C(=O)Cn2c(-c3ccc(C)cc3)n[nH]c2=S)cc1. The maximum atomic E-state index is 12.8. The lowest BCUT2D eigenvalue weighted by Gasteiger charge is -2.18. The highest BCUT2D eigenvalue weighted by molar-refractivity contribution is 7.71. The Hall–Kier alpha value is -2.93. The van der Waals surface area contributed by atoms with Gasteiger partial charge in [0.2, 0.25) is 5.91 Å². The zero-order valence-corrected chi connectivity index (χ0v) is 17.1. The topological polar surface area (TPSA) is 63.1 Å². The molecule has 0 fully saturated rings. The van der Waals surface area contributed by atoms with Crippen LogP contribution in [-0.2, 0) is 17.9 Å². The van der Waals surface area contributed by atoms with Crippen LogP contribution in [-0.4, -0.2) is 39.2 Å². The normalized spacial score (nSPS) is 10.7. The smallest absolute Gasteiger partial charge is 0.242 e. The summed E-state index contributed by atoms with van der Waals surface area (Å²) in [5.41, 5.74) is 3.12. The molecule has 0 bridgehead atoms. The molecular formula is C21H24N4O2S. The average Bonchev–Trinajstić information content (AvgIpc) is 3.04. The summed E-state index contributed by atoms with van der Waals surface area (Å²) in [5, 5.41) is 7.09. The summed E-state index contributed by atoms with van der Waals surface area (Å²) in [6.45, 7) is 5.25. The minimum atomic E-state index is -0.0419. The molecule has 1 amide bonds. The first-order chi connectivity index (χ1) is 13.5. The molecule has 0 spiro atoms. The van der Waals surface area contributed by atoms with Gasteiger partial charge in [0.15, 0.2) is 10.6 Å². The van der Waals surface area contributed by atoms with Crippen LogP contribution in [0.15, 0.2) is 48.5 Å². The largest absolute Gasteiger partial charge is 0.494 e. The minimum absolute atomic E-state index is 0.0419. The van der Waals surface area contributed by atoms with Crippen molar-refractivity contribution in [1.29, 1.82) is 0 Å². The van der Waals surface area contributed by atoms with E-state index >= 15 is 0 Å². The van der Waals surface area contributed by atoms with E-state index in [-0.39, 0.29) is 12.5 Å². The van der Waals surface area contributed by atoms with E-state index in [1.54, 1.807) is 16.5 Å². The Balaban J connectivity index is 1.71. The van der Waals surface area contributed by atoms with E-state index in [1.807, 2.05) is 62.4 Å². The Morgan fingerprint density at radius 1 is 1.18 bits per heavy atom. The van der Waals surface area contributed by atoms with Gasteiger partial charge in [-0.3, -0.25) is 14.5 Å². The van der Waals surface area contributed by atoms with Crippen LogP contribution in [0.5, 0.6) is 5.75 Å². The zero-order chi connectivity index (χ0) is 20.1. The number of rotatable bonds is 7. The fraction of sp³-hybridized carbons (Fsp3) is 0.286. The minimum Gasteiger partial charge on any atom is -0.494 e. The number of H-pyrrole nitrogens is 1. The van der Waals surface area contributed by atoms with Gasteiger partial charge in [-0.15, -0.1) is 0 Å². The van der Waals surface area contributed by atoms with Crippen molar-refractivity contribution in [3.63, 3.8) is 0 Å². The first kappa shape index (κ1) is 19.8. The van der Waals surface area contributed by atoms with Gasteiger partial charge in [-0.25, -0.2) is 0 Å². The predicted octanol–water partition coefficient (Wildman–Crippen LogP) is 3.97. The lowest BCUT2D eigenvalue weighted by Crippen LogP contribution is -2.30. The molecule has 3 aromatic rings. The van der Waals surface area contributed by atoms with E-state index in [4.69, 9.17) is 17.0 Å². The van der Waals surface area contributed by atoms with Crippen LogP contribution in [0.2, 0.25) is 0 Å². The zero-order valence-electron chi connectivity index (χ0n) is 16.3. The Labute approximate surface area is 169 Å². The molecule has 0 radical (unpaired) electrons. The molecule has 28 heavy (non-hydrogen) atoms. The summed E-state index contributed by atoms with van der Waals surface area (Å²) in [7, 11) is 1.79. The predicted molar refractivity (Wildman–Crippen MR) is 112 cm³/mol. The highest BCUT2D eigenvalue weighted by Gasteiger charge is 2.15. The van der Waals surface area contributed by atoms with Crippen molar-refractivity contribution in [3.8, 4) is 17.1 Å². The highest BCUT2D eigenvalue weighted by Crippen LogP contribution is 2.18. The monoisotopic (exact) mass is 396 g/mol. The van der Waals surface area contributed by atoms with E-state index in [2.05, 4.69) is 10.2 Å². The maximum Gasteiger partial charge on any atom is 0.242 e. The number of hydrogen-bond donors (Lipinski definition) is 1. The molecule has 0 aliphatic carbocycles. The third-order valence-corrected chi connectivity index (χ3v) is 4.75. The van der Waals surface area contributed by atoms with Crippen LogP contribution in [0.4, 0.5) is 0 Å². The van der Waals surface area contributed by atoms with Crippen molar-refractivity contribution in [2.45, 2.75) is 26.9 Å². The average molecular weight is 397 g/mol. The molecule has 3 rings (SSSR count). The first-order valence-electron chi connectivity index (χ1n) is 9.16. The first-order valence-corrected chi connectivity index (χ1v) is 9.56. The van der Waals surface area contributed by atoms with E-state index in [0.29, 0.717) is 23.7 Å². The van der Waals surface area contributed by atoms with Crippen molar-refractivity contribution < 1.29 is 9.53 Å². The second kappa shape index (κ2) is 8.84. The number of amides is 1. The summed E-state index contributed by atoms with van der Waals surface area (Å²) < 4.78 is 7.62. The van der Waals surface area contributed by atoms with Crippen LogP contribution in [0.1, 0.15) is 18.1 Å². The van der Waals surface area contributed by atoms with E-state index in [1.165, 1.54) is 0 Å². The number of nitrogens with one attached hydrogen (secondary N) is 1. The van der Waals surface area contributed by atoms with E-state index < -0.39 is 0 Å². The number of aromatic amines is 1. The van der Waals surface area contributed by atoms with Crippen LogP contribution in [0.25, 0.3) is 11.4 Å². The summed E-state index contributed by atoms with van der Waals surface area (Å²) in [5.74, 6) is 1.44. The number of carbonyl (C=O) groups excluding carboxylic acids is 1. The molecule has 146 valence electrons. The molecule has 0 aliphatic heterocycles. The summed E-state index contributed by atoms with van der Waals surface area (Å²) >= 11 is 5.33. The van der Waals surface area contributed by atoms with Gasteiger partial charge in [-0.2, -0.15) is 5.10 Å². The molecule has 2 aromatic carbocycles. The number of aromatic nitrogens is 3. The lowest BCUT2D eigenvalue weighted by molar-refractivity contribution is -0.131. The number of hydrogen-bond acceptors (Lipinski definition) is 4. The van der Waals surface area contributed by atoms with Gasteiger partial charge in [0, 0.05) is 19.2 Å². The summed E-state index contributed by atoms with van der Waals surface area (Å²) in [6, 6.07) is 15.7. The fourth-order valence-corrected chi connectivity index (χ4v) is 3.06. The molecule has 1 N–H and O–H groups in total. The number of likely N-dealkylation sites (N-methyl/N-ethyl adjacent to an activating group) is 1. The van der Waals surface area contributed by atoms with Crippen molar-refractivity contribution in [3.05, 3.63) is 64.4 Å². The molecule has 1 aromatic heterocycles.